The van der Waals surface area contributed by atoms with Crippen LogP contribution in [0.4, 0.5) is 11.4 Å². The minimum atomic E-state index is -3.78. The van der Waals surface area contributed by atoms with Crippen molar-refractivity contribution in [3.63, 3.8) is 0 Å². The lowest BCUT2D eigenvalue weighted by Gasteiger charge is -2.13. The van der Waals surface area contributed by atoms with Crippen molar-refractivity contribution in [2.24, 2.45) is 0 Å². The molecule has 4 rings (SSSR count). The second-order valence-electron chi connectivity index (χ2n) is 6.83. The van der Waals surface area contributed by atoms with E-state index >= 15 is 0 Å². The summed E-state index contributed by atoms with van der Waals surface area (Å²) < 4.78 is 43.5. The number of nitrogens with one attached hydrogen (secondary N) is 2. The predicted molar refractivity (Wildman–Crippen MR) is 115 cm³/mol. The van der Waals surface area contributed by atoms with Crippen LogP contribution < -0.4 is 24.2 Å². The summed E-state index contributed by atoms with van der Waals surface area (Å²) in [7, 11) is -2.27. The summed E-state index contributed by atoms with van der Waals surface area (Å²) in [5, 5.41) is 2.79. The zero-order valence-corrected chi connectivity index (χ0v) is 17.7. The maximum atomic E-state index is 12.7. The number of fused-ring (bicyclic) bond motifs is 1. The highest BCUT2D eigenvalue weighted by Gasteiger charge is 2.18. The molecule has 31 heavy (non-hydrogen) atoms. The average molecular weight is 440 g/mol. The number of hydrogen-bond donors (Lipinski definition) is 2. The number of amides is 1. The number of benzene rings is 3. The molecule has 3 aromatic rings. The summed E-state index contributed by atoms with van der Waals surface area (Å²) in [6, 6.07) is 15.9. The number of carbonyl (C=O) groups excluding carboxylic acids is 1. The van der Waals surface area contributed by atoms with Gasteiger partial charge < -0.3 is 19.5 Å². The van der Waals surface area contributed by atoms with Crippen molar-refractivity contribution in [2.75, 3.05) is 23.9 Å². The van der Waals surface area contributed by atoms with E-state index in [2.05, 4.69) is 10.0 Å². The van der Waals surface area contributed by atoms with Crippen molar-refractivity contribution in [3.8, 4) is 17.2 Å². The lowest BCUT2D eigenvalue weighted by molar-refractivity contribution is 0.102. The first-order valence-corrected chi connectivity index (χ1v) is 10.8. The summed E-state index contributed by atoms with van der Waals surface area (Å²) in [6.45, 7) is 1.88. The number of aryl methyl sites for hydroxylation is 1. The van der Waals surface area contributed by atoms with Crippen molar-refractivity contribution in [1.29, 1.82) is 0 Å². The Hall–Kier alpha value is -3.72. The minimum absolute atomic E-state index is 0.109. The van der Waals surface area contributed by atoms with E-state index in [1.807, 2.05) is 0 Å². The van der Waals surface area contributed by atoms with E-state index in [1.54, 1.807) is 55.5 Å². The molecule has 0 unspecified atom stereocenters. The molecule has 1 heterocycles. The molecule has 0 aromatic heterocycles. The molecule has 1 amide bonds. The van der Waals surface area contributed by atoms with Gasteiger partial charge in [0.1, 0.15) is 5.75 Å². The minimum Gasteiger partial charge on any atom is -0.497 e. The van der Waals surface area contributed by atoms with Crippen LogP contribution in [-0.2, 0) is 10.0 Å². The van der Waals surface area contributed by atoms with Crippen LogP contribution in [0.5, 0.6) is 17.2 Å². The number of methoxy groups -OCH3 is 1. The number of ether oxygens (including phenoxy) is 3. The van der Waals surface area contributed by atoms with Gasteiger partial charge in [-0.15, -0.1) is 0 Å². The Bertz CT molecular complexity index is 1240. The fourth-order valence-corrected chi connectivity index (χ4v) is 4.19. The fraction of sp³-hybridized carbons (Fsp3) is 0.136. The Kier molecular flexibility index (Phi) is 5.43. The third-order valence-corrected chi connectivity index (χ3v) is 6.11. The zero-order chi connectivity index (χ0) is 22.0. The topological polar surface area (TPSA) is 103 Å². The smallest absolute Gasteiger partial charge is 0.261 e. The molecular formula is C22H20N2O6S. The number of sulfonamides is 1. The summed E-state index contributed by atoms with van der Waals surface area (Å²) in [6.07, 6.45) is 0. The van der Waals surface area contributed by atoms with Gasteiger partial charge in [-0.25, -0.2) is 8.42 Å². The van der Waals surface area contributed by atoms with Crippen LogP contribution in [0.1, 0.15) is 15.9 Å². The average Bonchev–Trinajstić information content (AvgIpc) is 3.23. The lowest BCUT2D eigenvalue weighted by Crippen LogP contribution is -2.15. The molecule has 2 N–H and O–H groups in total. The SMILES string of the molecule is COc1ccc(S(=O)(=O)Nc2ccc(C(=O)Nc3ccc4c(c3)OCO4)cc2C)cc1. The van der Waals surface area contributed by atoms with Gasteiger partial charge in [-0.05, 0) is 67.1 Å². The highest BCUT2D eigenvalue weighted by Crippen LogP contribution is 2.34. The lowest BCUT2D eigenvalue weighted by atomic mass is 10.1. The number of carbonyl (C=O) groups is 1. The van der Waals surface area contributed by atoms with Gasteiger partial charge in [-0.2, -0.15) is 0 Å². The van der Waals surface area contributed by atoms with Crippen molar-refractivity contribution in [2.45, 2.75) is 11.8 Å². The molecule has 0 fully saturated rings. The van der Waals surface area contributed by atoms with E-state index in [0.29, 0.717) is 39.8 Å². The second-order valence-corrected chi connectivity index (χ2v) is 8.52. The van der Waals surface area contributed by atoms with Gasteiger partial charge in [0.15, 0.2) is 11.5 Å². The van der Waals surface area contributed by atoms with Gasteiger partial charge >= 0.3 is 0 Å². The Morgan fingerprint density at radius 1 is 0.968 bits per heavy atom. The third-order valence-electron chi connectivity index (χ3n) is 4.73. The van der Waals surface area contributed by atoms with Gasteiger partial charge in [-0.3, -0.25) is 9.52 Å². The highest BCUT2D eigenvalue weighted by atomic mass is 32.2. The molecule has 1 aliphatic rings. The zero-order valence-electron chi connectivity index (χ0n) is 16.8. The van der Waals surface area contributed by atoms with Crippen molar-refractivity contribution in [1.82, 2.24) is 0 Å². The first kappa shape index (κ1) is 20.5. The van der Waals surface area contributed by atoms with E-state index in [1.165, 1.54) is 19.2 Å². The second kappa shape index (κ2) is 8.19. The summed E-state index contributed by atoms with van der Waals surface area (Å²) in [4.78, 5) is 12.7. The molecule has 0 radical (unpaired) electrons. The molecule has 3 aromatic carbocycles. The van der Waals surface area contributed by atoms with Crippen molar-refractivity contribution >= 4 is 27.3 Å². The first-order valence-electron chi connectivity index (χ1n) is 9.34. The normalized spacial score (nSPS) is 12.3. The van der Waals surface area contributed by atoms with Crippen LogP contribution in [0.25, 0.3) is 0 Å². The monoisotopic (exact) mass is 440 g/mol. The maximum Gasteiger partial charge on any atom is 0.261 e. The molecule has 0 atom stereocenters. The maximum absolute atomic E-state index is 12.7. The molecule has 0 saturated heterocycles. The van der Waals surface area contributed by atoms with E-state index in [9.17, 15) is 13.2 Å². The first-order chi connectivity index (χ1) is 14.9. The van der Waals surface area contributed by atoms with Crippen molar-refractivity contribution in [3.05, 3.63) is 71.8 Å². The molecular weight excluding hydrogens is 420 g/mol. The number of anilines is 2. The highest BCUT2D eigenvalue weighted by molar-refractivity contribution is 7.92. The molecule has 0 bridgehead atoms. The predicted octanol–water partition coefficient (Wildman–Crippen LogP) is 3.79. The van der Waals surface area contributed by atoms with Crippen LogP contribution in [0, 0.1) is 6.92 Å². The van der Waals surface area contributed by atoms with Gasteiger partial charge in [0.05, 0.1) is 17.7 Å². The molecule has 1 aliphatic heterocycles. The van der Waals surface area contributed by atoms with Crippen molar-refractivity contribution < 1.29 is 27.4 Å². The standard InChI is InChI=1S/C22H20N2O6S/c1-14-11-15(22(25)23-16-4-10-20-21(12-16)30-13-29-20)3-9-19(14)24-31(26,27)18-7-5-17(28-2)6-8-18/h3-12,24H,13H2,1-2H3,(H,23,25). The van der Waals surface area contributed by atoms with E-state index in [-0.39, 0.29) is 17.6 Å². The van der Waals surface area contributed by atoms with Gasteiger partial charge in [-0.1, -0.05) is 0 Å². The Morgan fingerprint density at radius 2 is 1.71 bits per heavy atom. The molecule has 0 saturated carbocycles. The molecule has 8 nitrogen and oxygen atoms in total. The molecule has 160 valence electrons. The van der Waals surface area contributed by atoms with Crippen LogP contribution in [0.15, 0.2) is 65.6 Å². The van der Waals surface area contributed by atoms with Crippen LogP contribution in [-0.4, -0.2) is 28.2 Å². The van der Waals surface area contributed by atoms with Gasteiger partial charge in [0.25, 0.3) is 15.9 Å². The van der Waals surface area contributed by atoms with Crippen LogP contribution in [0.3, 0.4) is 0 Å². The van der Waals surface area contributed by atoms with E-state index in [4.69, 9.17) is 14.2 Å². The summed E-state index contributed by atoms with van der Waals surface area (Å²) >= 11 is 0. The Labute approximate surface area is 179 Å². The summed E-state index contributed by atoms with van der Waals surface area (Å²) in [5.74, 6) is 1.43. The Morgan fingerprint density at radius 3 is 2.42 bits per heavy atom. The molecule has 9 heteroatoms. The summed E-state index contributed by atoms with van der Waals surface area (Å²) in [5.41, 5.74) is 1.95. The third kappa shape index (κ3) is 4.41. The number of hydrogen-bond acceptors (Lipinski definition) is 6. The number of rotatable bonds is 6. The van der Waals surface area contributed by atoms with E-state index < -0.39 is 10.0 Å². The molecule has 0 spiro atoms. The quantitative estimate of drug-likeness (QED) is 0.605. The van der Waals surface area contributed by atoms with E-state index in [0.717, 1.165) is 0 Å². The van der Waals surface area contributed by atoms with Gasteiger partial charge in [0.2, 0.25) is 6.79 Å². The fourth-order valence-electron chi connectivity index (χ4n) is 3.06. The van der Waals surface area contributed by atoms with Crippen LogP contribution >= 0.6 is 0 Å². The largest absolute Gasteiger partial charge is 0.497 e. The van der Waals surface area contributed by atoms with Gasteiger partial charge in [0, 0.05) is 17.3 Å². The Balaban J connectivity index is 1.48. The van der Waals surface area contributed by atoms with Crippen LogP contribution in [0.2, 0.25) is 0 Å². The molecule has 0 aliphatic carbocycles.